The summed E-state index contributed by atoms with van der Waals surface area (Å²) in [6.07, 6.45) is 2.81. The van der Waals surface area contributed by atoms with Crippen molar-refractivity contribution in [1.29, 1.82) is 0 Å². The predicted octanol–water partition coefficient (Wildman–Crippen LogP) is 1.95. The van der Waals surface area contributed by atoms with E-state index < -0.39 is 0 Å². The van der Waals surface area contributed by atoms with Gasteiger partial charge in [0.05, 0.1) is 24.5 Å². The van der Waals surface area contributed by atoms with Crippen LogP contribution in [0.1, 0.15) is 11.7 Å². The molecule has 0 aliphatic carbocycles. The van der Waals surface area contributed by atoms with Crippen LogP contribution in [0.2, 0.25) is 0 Å². The van der Waals surface area contributed by atoms with Crippen molar-refractivity contribution in [3.63, 3.8) is 0 Å². The summed E-state index contributed by atoms with van der Waals surface area (Å²) in [4.78, 5) is 27.2. The van der Waals surface area contributed by atoms with Crippen LogP contribution in [-0.4, -0.2) is 39.2 Å². The van der Waals surface area contributed by atoms with Crippen molar-refractivity contribution in [2.75, 3.05) is 24.6 Å². The molecule has 1 aliphatic heterocycles. The van der Waals surface area contributed by atoms with Crippen molar-refractivity contribution < 1.29 is 9.13 Å². The lowest BCUT2D eigenvalue weighted by Gasteiger charge is -2.34. The molecule has 0 N–H and O–H groups in total. The minimum atomic E-state index is -0.284. The molecule has 0 saturated carbocycles. The highest BCUT2D eigenvalue weighted by molar-refractivity contribution is 5.55. The Morgan fingerprint density at radius 2 is 2.00 bits per heavy atom. The molecule has 1 aromatic carbocycles. The fraction of sp³-hybridized carbons (Fsp3) is 0.263. The summed E-state index contributed by atoms with van der Waals surface area (Å²) in [7, 11) is 1.69. The van der Waals surface area contributed by atoms with Crippen LogP contribution in [0.15, 0.2) is 53.7 Å². The molecule has 4 rings (SSSR count). The van der Waals surface area contributed by atoms with Gasteiger partial charge in [-0.2, -0.15) is 0 Å². The number of morpholine rings is 1. The van der Waals surface area contributed by atoms with E-state index in [2.05, 4.69) is 15.0 Å². The van der Waals surface area contributed by atoms with Crippen LogP contribution in [0.4, 0.5) is 10.3 Å². The van der Waals surface area contributed by atoms with Gasteiger partial charge in [0.15, 0.2) is 0 Å². The Hall–Kier alpha value is -3.13. The van der Waals surface area contributed by atoms with Crippen LogP contribution in [-0.2, 0) is 11.8 Å². The number of hydrogen-bond acceptors (Lipinski definition) is 6. The third-order valence-electron chi connectivity index (χ3n) is 4.55. The normalized spacial score (nSPS) is 17.1. The minimum absolute atomic E-state index is 0.168. The standard InChI is InChI=1S/C19H18FN5O2/c1-24-18(26)10-16(15-6-7-21-12-22-15)23-19(24)25-8-9-27-17(11-25)13-2-4-14(20)5-3-13/h2-7,10,12,17H,8-9,11H2,1H3/t17-/m0/s1. The molecule has 7 nitrogen and oxygen atoms in total. The predicted molar refractivity (Wildman–Crippen MR) is 97.8 cm³/mol. The molecule has 1 saturated heterocycles. The Bertz CT molecular complexity index is 991. The molecule has 1 atom stereocenters. The molecule has 0 bridgehead atoms. The number of anilines is 1. The molecule has 3 heterocycles. The van der Waals surface area contributed by atoms with Crippen molar-refractivity contribution >= 4 is 5.95 Å². The Labute approximate surface area is 155 Å². The summed E-state index contributed by atoms with van der Waals surface area (Å²) in [6, 6.07) is 9.44. The maximum absolute atomic E-state index is 13.2. The highest BCUT2D eigenvalue weighted by Crippen LogP contribution is 2.25. The first-order valence-corrected chi connectivity index (χ1v) is 8.58. The lowest BCUT2D eigenvalue weighted by Crippen LogP contribution is -2.41. The molecule has 1 aliphatic rings. The van der Waals surface area contributed by atoms with Crippen molar-refractivity contribution in [1.82, 2.24) is 19.5 Å². The van der Waals surface area contributed by atoms with E-state index >= 15 is 0 Å². The second-order valence-electron chi connectivity index (χ2n) is 6.29. The number of nitrogens with zero attached hydrogens (tertiary/aromatic N) is 5. The van der Waals surface area contributed by atoms with Crippen molar-refractivity contribution in [3.8, 4) is 11.4 Å². The fourth-order valence-electron chi connectivity index (χ4n) is 3.09. The van der Waals surface area contributed by atoms with Gasteiger partial charge in [-0.1, -0.05) is 12.1 Å². The van der Waals surface area contributed by atoms with Crippen LogP contribution < -0.4 is 10.5 Å². The van der Waals surface area contributed by atoms with Crippen molar-refractivity contribution in [2.24, 2.45) is 7.05 Å². The maximum Gasteiger partial charge on any atom is 0.255 e. The van der Waals surface area contributed by atoms with Gasteiger partial charge in [0, 0.05) is 25.9 Å². The molecule has 0 unspecified atom stereocenters. The quantitative estimate of drug-likeness (QED) is 0.705. The van der Waals surface area contributed by atoms with Gasteiger partial charge in [-0.15, -0.1) is 0 Å². The molecule has 3 aromatic rings. The highest BCUT2D eigenvalue weighted by Gasteiger charge is 2.25. The summed E-state index contributed by atoms with van der Waals surface area (Å²) in [5, 5.41) is 0. The third-order valence-corrected chi connectivity index (χ3v) is 4.55. The van der Waals surface area contributed by atoms with Gasteiger partial charge in [-0.25, -0.2) is 19.3 Å². The van der Waals surface area contributed by atoms with Crippen LogP contribution in [0, 0.1) is 5.82 Å². The molecular weight excluding hydrogens is 349 g/mol. The second-order valence-corrected chi connectivity index (χ2v) is 6.29. The van der Waals surface area contributed by atoms with E-state index in [0.29, 0.717) is 37.0 Å². The zero-order valence-corrected chi connectivity index (χ0v) is 14.7. The first-order chi connectivity index (χ1) is 13.1. The molecule has 27 heavy (non-hydrogen) atoms. The molecule has 2 aromatic heterocycles. The molecule has 0 spiro atoms. The van der Waals surface area contributed by atoms with Crippen molar-refractivity contribution in [3.05, 3.63) is 70.7 Å². The fourth-order valence-corrected chi connectivity index (χ4v) is 3.09. The second kappa shape index (κ2) is 7.24. The number of rotatable bonds is 3. The topological polar surface area (TPSA) is 73.1 Å². The monoisotopic (exact) mass is 367 g/mol. The minimum Gasteiger partial charge on any atom is -0.370 e. The Morgan fingerprint density at radius 3 is 2.74 bits per heavy atom. The average Bonchev–Trinajstić information content (AvgIpc) is 2.71. The number of halogens is 1. The first kappa shape index (κ1) is 17.3. The SMILES string of the molecule is Cn1c(N2CCO[C@H](c3ccc(F)cc3)C2)nc(-c2ccncn2)cc1=O. The van der Waals surface area contributed by atoms with Gasteiger partial charge in [0.2, 0.25) is 5.95 Å². The molecule has 0 radical (unpaired) electrons. The van der Waals surface area contributed by atoms with Gasteiger partial charge in [-0.3, -0.25) is 9.36 Å². The lowest BCUT2D eigenvalue weighted by atomic mass is 10.1. The average molecular weight is 367 g/mol. The van der Waals surface area contributed by atoms with Crippen LogP contribution >= 0.6 is 0 Å². The molecular formula is C19H18FN5O2. The van der Waals surface area contributed by atoms with E-state index in [1.54, 1.807) is 31.4 Å². The largest absolute Gasteiger partial charge is 0.370 e. The molecule has 138 valence electrons. The number of hydrogen-bond donors (Lipinski definition) is 0. The van der Waals surface area contributed by atoms with Gasteiger partial charge in [0.1, 0.15) is 18.2 Å². The lowest BCUT2D eigenvalue weighted by molar-refractivity contribution is 0.0389. The summed E-state index contributed by atoms with van der Waals surface area (Å²) in [6.45, 7) is 1.60. The Balaban J connectivity index is 1.67. The van der Waals surface area contributed by atoms with Gasteiger partial charge < -0.3 is 9.64 Å². The Kier molecular flexibility index (Phi) is 4.64. The van der Waals surface area contributed by atoms with Crippen LogP contribution in [0.3, 0.4) is 0 Å². The van der Waals surface area contributed by atoms with E-state index in [4.69, 9.17) is 4.74 Å². The maximum atomic E-state index is 13.2. The van der Waals surface area contributed by atoms with Crippen LogP contribution in [0.25, 0.3) is 11.4 Å². The zero-order chi connectivity index (χ0) is 18.8. The summed E-state index contributed by atoms with van der Waals surface area (Å²) in [5.41, 5.74) is 1.81. The van der Waals surface area contributed by atoms with E-state index in [1.165, 1.54) is 29.1 Å². The molecule has 0 amide bonds. The summed E-state index contributed by atoms with van der Waals surface area (Å²) < 4.78 is 20.5. The smallest absolute Gasteiger partial charge is 0.255 e. The summed E-state index contributed by atoms with van der Waals surface area (Å²) in [5.74, 6) is 0.263. The third kappa shape index (κ3) is 3.56. The molecule has 8 heteroatoms. The zero-order valence-electron chi connectivity index (χ0n) is 14.7. The molecule has 1 fully saturated rings. The van der Waals surface area contributed by atoms with E-state index in [9.17, 15) is 9.18 Å². The van der Waals surface area contributed by atoms with Gasteiger partial charge in [-0.05, 0) is 23.8 Å². The highest BCUT2D eigenvalue weighted by atomic mass is 19.1. The van der Waals surface area contributed by atoms with Crippen molar-refractivity contribution in [2.45, 2.75) is 6.10 Å². The van der Waals surface area contributed by atoms with Crippen LogP contribution in [0.5, 0.6) is 0 Å². The van der Waals surface area contributed by atoms with E-state index in [-0.39, 0.29) is 17.5 Å². The van der Waals surface area contributed by atoms with E-state index in [0.717, 1.165) is 5.56 Å². The Morgan fingerprint density at radius 1 is 1.19 bits per heavy atom. The van der Waals surface area contributed by atoms with E-state index in [1.807, 2.05) is 4.90 Å². The van der Waals surface area contributed by atoms with Gasteiger partial charge >= 0.3 is 0 Å². The first-order valence-electron chi connectivity index (χ1n) is 8.58. The number of benzene rings is 1. The number of ether oxygens (including phenoxy) is 1. The number of aromatic nitrogens is 4. The summed E-state index contributed by atoms with van der Waals surface area (Å²) >= 11 is 0. The van der Waals surface area contributed by atoms with Gasteiger partial charge in [0.25, 0.3) is 5.56 Å².